The van der Waals surface area contributed by atoms with Crippen LogP contribution in [0.4, 0.5) is 0 Å². The van der Waals surface area contributed by atoms with E-state index >= 15 is 0 Å². The van der Waals surface area contributed by atoms with Gasteiger partial charge in [0.25, 0.3) is 0 Å². The predicted octanol–water partition coefficient (Wildman–Crippen LogP) is 2.53. The van der Waals surface area contributed by atoms with Gasteiger partial charge in [-0.15, -0.1) is 0 Å². The molecule has 1 saturated heterocycles. The molecule has 0 bridgehead atoms. The van der Waals surface area contributed by atoms with Gasteiger partial charge < -0.3 is 38.3 Å². The van der Waals surface area contributed by atoms with Crippen molar-refractivity contribution >= 4 is 50.7 Å². The van der Waals surface area contributed by atoms with Crippen LogP contribution in [0.2, 0.25) is 5.02 Å². The minimum atomic E-state index is -5.77. The normalized spacial score (nSPS) is 22.5. The Balaban J connectivity index is 1.94. The number of phosphoric ester groups is 2. The third kappa shape index (κ3) is 15.8. The molecule has 0 amide bonds. The van der Waals surface area contributed by atoms with Gasteiger partial charge in [0.2, 0.25) is 0 Å². The molecule has 1 aromatic rings. The first-order valence-electron chi connectivity index (χ1n) is 11.8. The van der Waals surface area contributed by atoms with Crippen molar-refractivity contribution in [3.63, 3.8) is 0 Å². The number of benzene rings is 1. The van der Waals surface area contributed by atoms with Crippen molar-refractivity contribution in [1.82, 2.24) is 0 Å². The van der Waals surface area contributed by atoms with E-state index in [9.17, 15) is 32.9 Å². The number of phosphoric acid groups is 4. The quantitative estimate of drug-likeness (QED) is 0.0276. The standard InChI is InChI=1S/C18H25BClN3O17P4/c19-18-11-16(17(36-18)12-35-42(27,28)40-44(31,32)39-41(24,25)26)38-43(29,30)37-14-3-4-15(20)13(10-14)2-1-6-33-8-9-34-7-5-22-23-21/h3-4,10,16-18H,5-9,11-12H2,(H,27,28)(H,29,30)(H,31,32)(H2,24,25,26). The maximum absolute atomic E-state index is 12.7. The molecule has 26 heteroatoms. The highest BCUT2D eigenvalue weighted by Crippen LogP contribution is 2.66. The molecule has 1 heterocycles. The lowest BCUT2D eigenvalue weighted by molar-refractivity contribution is -0.00352. The molecular formula is C18H25BClN3O17P4. The summed E-state index contributed by atoms with van der Waals surface area (Å²) in [6.45, 7) is -0.1000. The van der Waals surface area contributed by atoms with Crippen LogP contribution in [0.5, 0.6) is 5.75 Å². The molecular weight excluding hydrogens is 700 g/mol. The zero-order chi connectivity index (χ0) is 33.0. The second-order valence-corrected chi connectivity index (χ2v) is 14.3. The highest BCUT2D eigenvalue weighted by molar-refractivity contribution is 7.66. The van der Waals surface area contributed by atoms with Gasteiger partial charge in [0.05, 0.1) is 31.5 Å². The fraction of sp³-hybridized carbons (Fsp3) is 0.556. The summed E-state index contributed by atoms with van der Waals surface area (Å²) >= 11 is 6.11. The first kappa shape index (κ1) is 38.9. The summed E-state index contributed by atoms with van der Waals surface area (Å²) in [7, 11) is -16.2. The Bertz CT molecular complexity index is 1430. The molecule has 244 valence electrons. The average molecular weight is 726 g/mol. The third-order valence-corrected chi connectivity index (χ3v) is 9.75. The van der Waals surface area contributed by atoms with Gasteiger partial charge in [-0.2, -0.15) is 8.62 Å². The number of nitrogens with zero attached hydrogens (tertiary/aromatic N) is 3. The summed E-state index contributed by atoms with van der Waals surface area (Å²) in [4.78, 5) is 48.9. The molecule has 1 aliphatic rings. The highest BCUT2D eigenvalue weighted by atomic mass is 35.5. The molecule has 5 N–H and O–H groups in total. The van der Waals surface area contributed by atoms with E-state index in [2.05, 4.69) is 35.0 Å². The molecule has 1 aromatic carbocycles. The van der Waals surface area contributed by atoms with E-state index in [-0.39, 0.29) is 55.7 Å². The van der Waals surface area contributed by atoms with Crippen LogP contribution in [0.3, 0.4) is 0 Å². The van der Waals surface area contributed by atoms with Crippen LogP contribution in [0.15, 0.2) is 23.3 Å². The summed E-state index contributed by atoms with van der Waals surface area (Å²) < 4.78 is 84.4. The summed E-state index contributed by atoms with van der Waals surface area (Å²) in [6.07, 6.45) is -3.06. The van der Waals surface area contributed by atoms with Gasteiger partial charge in [0.15, 0.2) is 0 Å². The molecule has 1 aliphatic heterocycles. The second-order valence-electron chi connectivity index (χ2n) is 8.10. The molecule has 2 rings (SSSR count). The summed E-state index contributed by atoms with van der Waals surface area (Å²) in [5.41, 5.74) is 8.37. The van der Waals surface area contributed by atoms with E-state index < -0.39 is 56.1 Å². The van der Waals surface area contributed by atoms with E-state index in [1.165, 1.54) is 18.2 Å². The van der Waals surface area contributed by atoms with Crippen molar-refractivity contribution in [2.45, 2.75) is 24.6 Å². The number of azide groups is 1. The Morgan fingerprint density at radius 2 is 1.75 bits per heavy atom. The summed E-state index contributed by atoms with van der Waals surface area (Å²) in [5, 5.41) is 3.49. The average Bonchev–Trinajstić information content (AvgIpc) is 3.21. The first-order valence-corrected chi connectivity index (χ1v) is 18.1. The molecule has 2 radical (unpaired) electrons. The Labute approximate surface area is 255 Å². The second kappa shape index (κ2) is 17.6. The third-order valence-electron chi connectivity index (χ3n) is 4.64. The van der Waals surface area contributed by atoms with Crippen LogP contribution in [0.25, 0.3) is 10.4 Å². The van der Waals surface area contributed by atoms with E-state index in [0.717, 1.165) is 0 Å². The van der Waals surface area contributed by atoms with Crippen LogP contribution < -0.4 is 4.52 Å². The van der Waals surface area contributed by atoms with Gasteiger partial charge in [-0.25, -0.2) is 18.3 Å². The molecule has 20 nitrogen and oxygen atoms in total. The monoisotopic (exact) mass is 725 g/mol. The topological polar surface area (TPSA) is 292 Å². The van der Waals surface area contributed by atoms with E-state index in [1.807, 2.05) is 0 Å². The zero-order valence-electron chi connectivity index (χ0n) is 22.1. The number of rotatable bonds is 18. The minimum Gasteiger partial charge on any atom is -0.404 e. The van der Waals surface area contributed by atoms with Crippen molar-refractivity contribution in [2.75, 3.05) is 39.6 Å². The van der Waals surface area contributed by atoms with Crippen molar-refractivity contribution in [1.29, 1.82) is 0 Å². The fourth-order valence-corrected chi connectivity index (χ4v) is 7.27. The lowest BCUT2D eigenvalue weighted by Crippen LogP contribution is -2.28. The minimum absolute atomic E-state index is 0.00746. The Morgan fingerprint density at radius 1 is 1.05 bits per heavy atom. The van der Waals surface area contributed by atoms with Crippen LogP contribution in [0.1, 0.15) is 12.0 Å². The van der Waals surface area contributed by atoms with Crippen LogP contribution in [-0.2, 0) is 50.1 Å². The number of hydrogen-bond donors (Lipinski definition) is 5. The molecule has 6 atom stereocenters. The fourth-order valence-electron chi connectivity index (χ4n) is 3.08. The van der Waals surface area contributed by atoms with Crippen molar-refractivity contribution in [3.8, 4) is 17.6 Å². The van der Waals surface area contributed by atoms with Crippen LogP contribution in [-0.4, -0.2) is 90.1 Å². The Kier molecular flexibility index (Phi) is 15.5. The lowest BCUT2D eigenvalue weighted by Gasteiger charge is -2.23. The summed E-state index contributed by atoms with van der Waals surface area (Å²) in [6, 6.07) is 2.70. The Hall–Kier alpha value is -1.32. The molecule has 0 saturated carbocycles. The molecule has 44 heavy (non-hydrogen) atoms. The molecule has 1 fully saturated rings. The van der Waals surface area contributed by atoms with Crippen molar-refractivity contribution in [2.24, 2.45) is 5.11 Å². The first-order chi connectivity index (χ1) is 20.4. The largest absolute Gasteiger partial charge is 0.527 e. The zero-order valence-corrected chi connectivity index (χ0v) is 26.5. The van der Waals surface area contributed by atoms with E-state index in [4.69, 9.17) is 58.0 Å². The SMILES string of the molecule is [B]C1CC(OP(=O)(O)Oc2ccc(Cl)c(C#CCOCCOCCN=[N+]=[N-])c2)C(COP(=O)(O)OP(=O)(O)OP(=O)(O)O)O1. The van der Waals surface area contributed by atoms with Gasteiger partial charge in [0, 0.05) is 23.0 Å². The van der Waals surface area contributed by atoms with Crippen LogP contribution in [0, 0.1) is 11.8 Å². The van der Waals surface area contributed by atoms with Crippen molar-refractivity contribution in [3.05, 3.63) is 39.2 Å². The van der Waals surface area contributed by atoms with Crippen LogP contribution >= 0.6 is 42.9 Å². The Morgan fingerprint density at radius 3 is 2.43 bits per heavy atom. The van der Waals surface area contributed by atoms with Crippen molar-refractivity contribution < 1.29 is 79.1 Å². The molecule has 0 aromatic heterocycles. The maximum Gasteiger partial charge on any atom is 0.527 e. The van der Waals surface area contributed by atoms with Gasteiger partial charge in [-0.05, 0) is 30.2 Å². The van der Waals surface area contributed by atoms with Gasteiger partial charge in [-0.3, -0.25) is 13.9 Å². The molecule has 0 aliphatic carbocycles. The van der Waals surface area contributed by atoms with Gasteiger partial charge in [-0.1, -0.05) is 28.6 Å². The lowest BCUT2D eigenvalue weighted by atomic mass is 9.96. The van der Waals surface area contributed by atoms with E-state index in [1.54, 1.807) is 0 Å². The maximum atomic E-state index is 12.7. The highest BCUT2D eigenvalue weighted by Gasteiger charge is 2.44. The summed E-state index contributed by atoms with van der Waals surface area (Å²) in [5.74, 6) is 5.20. The molecule has 6 unspecified atom stereocenters. The predicted molar refractivity (Wildman–Crippen MR) is 148 cm³/mol. The van der Waals surface area contributed by atoms with Gasteiger partial charge in [0.1, 0.15) is 32.4 Å². The number of ether oxygens (including phenoxy) is 3. The molecule has 0 spiro atoms. The van der Waals surface area contributed by atoms with E-state index in [0.29, 0.717) is 0 Å². The van der Waals surface area contributed by atoms with Gasteiger partial charge >= 0.3 is 31.3 Å². The smallest absolute Gasteiger partial charge is 0.404 e. The number of halogens is 1. The number of hydrogen-bond acceptors (Lipinski definition) is 13.